The van der Waals surface area contributed by atoms with Gasteiger partial charge in [0.15, 0.2) is 0 Å². The van der Waals surface area contributed by atoms with Gasteiger partial charge in [0, 0.05) is 44.3 Å². The van der Waals surface area contributed by atoms with Crippen LogP contribution in [0.5, 0.6) is 11.5 Å². The van der Waals surface area contributed by atoms with Gasteiger partial charge in [-0.2, -0.15) is 18.2 Å². The smallest absolute Gasteiger partial charge is 0.268 e. The van der Waals surface area contributed by atoms with Gasteiger partial charge in [-0.15, -0.1) is 29.7 Å². The summed E-state index contributed by atoms with van der Waals surface area (Å²) in [5.41, 5.74) is 4.67. The van der Waals surface area contributed by atoms with E-state index >= 15 is 0 Å². The molecule has 0 saturated carbocycles. The number of ether oxygens (including phenoxy) is 1. The number of fused-ring (bicyclic) bond motifs is 4. The van der Waals surface area contributed by atoms with Crippen molar-refractivity contribution in [2.45, 2.75) is 131 Å². The molecule has 0 atom stereocenters. The van der Waals surface area contributed by atoms with Crippen molar-refractivity contribution in [2.75, 3.05) is 0 Å². The van der Waals surface area contributed by atoms with E-state index in [-0.39, 0.29) is 71.0 Å². The second-order valence-electron chi connectivity index (χ2n) is 30.1. The monoisotopic (exact) mass is 1480 g/mol. The van der Waals surface area contributed by atoms with E-state index in [0.717, 1.165) is 55.2 Å². The molecular weight excluding hydrogens is 1370 g/mol. The average molecular weight is 1480 g/mol. The zero-order valence-electron chi connectivity index (χ0n) is 75.8. The number of rotatable bonds is 11. The summed E-state index contributed by atoms with van der Waals surface area (Å²) in [5, 5.41) is 1.90. The molecule has 3 heterocycles. The van der Waals surface area contributed by atoms with E-state index in [1.807, 2.05) is 79.0 Å². The van der Waals surface area contributed by atoms with Gasteiger partial charge in [-0.25, -0.2) is 4.98 Å². The van der Waals surface area contributed by atoms with Crippen LogP contribution in [0.3, 0.4) is 0 Å². The Kier molecular flexibility index (Phi) is 12.6. The third kappa shape index (κ3) is 13.3. The zero-order chi connectivity index (χ0) is 83.6. The summed E-state index contributed by atoms with van der Waals surface area (Å²) in [6.07, 6.45) is 5.55. The van der Waals surface area contributed by atoms with E-state index in [1.165, 1.54) is 6.07 Å². The number of benzene rings is 11. The molecule has 0 aliphatic carbocycles. The second kappa shape index (κ2) is 25.6. The maximum absolute atomic E-state index is 10.8. The Bertz CT molecular complexity index is 6220. The maximum Gasteiger partial charge on any atom is 0.268 e. The van der Waals surface area contributed by atoms with E-state index < -0.39 is 147 Å². The van der Waals surface area contributed by atoms with Gasteiger partial charge < -0.3 is 13.9 Å². The van der Waals surface area contributed by atoms with Gasteiger partial charge in [-0.1, -0.05) is 267 Å². The first-order chi connectivity index (χ1) is 53.7. The summed E-state index contributed by atoms with van der Waals surface area (Å²) in [6.45, 7) is 31.8. The summed E-state index contributed by atoms with van der Waals surface area (Å²) in [4.78, 5) is 4.90. The minimum Gasteiger partial charge on any atom is -0.510 e. The van der Waals surface area contributed by atoms with Crippen LogP contribution in [-0.4, -0.2) is 14.1 Å². The molecule has 0 saturated heterocycles. The number of nitrogens with zero attached hydrogens (tertiary/aromatic N) is 4. The van der Waals surface area contributed by atoms with Crippen LogP contribution in [0, 0.1) is 18.5 Å². The summed E-state index contributed by atoms with van der Waals surface area (Å²) in [7, 11) is 0. The van der Waals surface area contributed by atoms with Crippen molar-refractivity contribution >= 4 is 32.8 Å². The molecule has 14 rings (SSSR count). The van der Waals surface area contributed by atoms with Crippen LogP contribution >= 0.6 is 0 Å². The molecule has 0 N–H and O–H groups in total. The molecular formula is C92H86N4OPt-2. The standard InChI is InChI=1S/C92H86N4O.Pt/c1-88(2,3)70-42-43-93-86(56-70)96-82-37-26-25-36-78(82)79-40-39-77(58-84(79)96)97-76-35-27-34-75(57-76)94-59-95(83-41-38-63(53-85(83)94)66-47-71(89(4,5)6)54-72(48-66)90(7,8)9)87-80(68-45-64(60-28-19-16-20-29-60)44-65(46-68)61-30-21-17-22-31-61)51-67(62-32-23-18-24-33-62)52-81(87)69-49-73(91(10,11)12)55-74(50-69)92(13,14)15;/h16-56H,1-15H3;/q-2;/i16D,17D,18D,19D,20D,21D,22D,23D,24D,28D,29D,30D,31D,32D,33D,44D,45D,46D;. The van der Waals surface area contributed by atoms with Crippen LogP contribution < -0.4 is 9.30 Å². The number of imidazole rings is 1. The summed E-state index contributed by atoms with van der Waals surface area (Å²) in [5.74, 6) is 1.32. The molecule has 3 aromatic heterocycles. The molecule has 6 heteroatoms. The van der Waals surface area contributed by atoms with Crippen molar-refractivity contribution in [2.24, 2.45) is 0 Å². The quantitative estimate of drug-likeness (QED) is 0.0956. The number of pyridine rings is 1. The minimum absolute atomic E-state index is 0. The Morgan fingerprint density at radius 2 is 0.898 bits per heavy atom. The van der Waals surface area contributed by atoms with Gasteiger partial charge in [0.25, 0.3) is 6.33 Å². The average Bonchev–Trinajstić information content (AvgIpc) is 1.09. The Labute approximate surface area is 620 Å². The van der Waals surface area contributed by atoms with Gasteiger partial charge in [0.2, 0.25) is 0 Å². The van der Waals surface area contributed by atoms with Crippen LogP contribution in [0.15, 0.2) is 248 Å². The molecule has 0 radical (unpaired) electrons. The SMILES string of the molecule is [2H]c1c([2H])c([2H])c(-c2cc(-c3cc(C(C)(C)C)cc(C(C)(C)C)c3)c(-[n+]3[c-]n(-c4[c-]c(Oc5[c-]c6c(cc5)c5ccccc5n6-c5cc(C(C)(C)C)ccn5)ccc4)c4cc(-c5cc(C(C)(C)C)cc(C(C)(C)C)c5)ccc43)c(-c3c([2H])c(-c4c([2H])c([2H])c([2H])c([2H])c4[2H])c([2H])c(-c4c([2H])c([2H])c([2H])c([2H])c4[2H])c3[2H])c2)c([2H])c1[2H].[Pt]. The zero-order valence-corrected chi connectivity index (χ0v) is 60.1. The minimum atomic E-state index is -0.888. The van der Waals surface area contributed by atoms with Gasteiger partial charge >= 0.3 is 0 Å². The first-order valence-corrected chi connectivity index (χ1v) is 32.7. The van der Waals surface area contributed by atoms with Crippen molar-refractivity contribution in [1.29, 1.82) is 0 Å². The van der Waals surface area contributed by atoms with Crippen LogP contribution in [-0.2, 0) is 48.1 Å². The first kappa shape index (κ1) is 48.1. The van der Waals surface area contributed by atoms with Crippen LogP contribution in [0.1, 0.15) is 156 Å². The second-order valence-corrected chi connectivity index (χ2v) is 30.1. The molecule has 0 spiro atoms. The number of hydrogen-bond donors (Lipinski definition) is 0. The molecule has 0 aliphatic rings. The van der Waals surface area contributed by atoms with Crippen molar-refractivity contribution in [3.8, 4) is 95.5 Å². The van der Waals surface area contributed by atoms with E-state index in [9.17, 15) is 15.1 Å². The predicted molar refractivity (Wildman–Crippen MR) is 406 cm³/mol. The summed E-state index contributed by atoms with van der Waals surface area (Å²) in [6, 6.07) is 36.1. The van der Waals surface area contributed by atoms with Crippen molar-refractivity contribution in [3.63, 3.8) is 0 Å². The molecule has 492 valence electrons. The van der Waals surface area contributed by atoms with Crippen molar-refractivity contribution < 1.29 is 55.0 Å². The van der Waals surface area contributed by atoms with Gasteiger partial charge in [0.1, 0.15) is 5.82 Å². The van der Waals surface area contributed by atoms with Crippen LogP contribution in [0.2, 0.25) is 0 Å². The predicted octanol–water partition coefficient (Wildman–Crippen LogP) is 24.1. The van der Waals surface area contributed by atoms with E-state index in [4.69, 9.17) is 19.3 Å². The van der Waals surface area contributed by atoms with Crippen LogP contribution in [0.25, 0.3) is 117 Å². The fourth-order valence-electron chi connectivity index (χ4n) is 12.3. The molecule has 0 amide bonds. The van der Waals surface area contributed by atoms with Crippen LogP contribution in [0.4, 0.5) is 0 Å². The molecule has 11 aromatic carbocycles. The molecule has 98 heavy (non-hydrogen) atoms. The number of para-hydroxylation sites is 1. The topological polar surface area (TPSA) is 35.9 Å². The van der Waals surface area contributed by atoms with Crippen molar-refractivity contribution in [1.82, 2.24) is 14.1 Å². The molecule has 0 fully saturated rings. The molecule has 14 aromatic rings. The molecule has 0 aliphatic heterocycles. The number of aromatic nitrogens is 4. The largest absolute Gasteiger partial charge is 0.510 e. The Morgan fingerprint density at radius 3 is 1.46 bits per heavy atom. The molecule has 0 unspecified atom stereocenters. The number of hydrogen-bond acceptors (Lipinski definition) is 2. The van der Waals surface area contributed by atoms with Gasteiger partial charge in [-0.3, -0.25) is 4.57 Å². The third-order valence-electron chi connectivity index (χ3n) is 17.9. The Morgan fingerprint density at radius 1 is 0.398 bits per heavy atom. The van der Waals surface area contributed by atoms with E-state index in [1.54, 1.807) is 21.3 Å². The fraction of sp³-hybridized carbons (Fsp3) is 0.217. The molecule has 5 nitrogen and oxygen atoms in total. The third-order valence-corrected chi connectivity index (χ3v) is 17.9. The molecule has 0 bridgehead atoms. The Balaban J connectivity index is 0.0000117. The van der Waals surface area contributed by atoms with Gasteiger partial charge in [0.05, 0.1) is 41.4 Å². The summed E-state index contributed by atoms with van der Waals surface area (Å²) >= 11 is 0. The summed E-state index contributed by atoms with van der Waals surface area (Å²) < 4.78 is 183. The van der Waals surface area contributed by atoms with Gasteiger partial charge in [-0.05, 0) is 187 Å². The first-order valence-electron chi connectivity index (χ1n) is 41.7. The fourth-order valence-corrected chi connectivity index (χ4v) is 12.3. The van der Waals surface area contributed by atoms with E-state index in [2.05, 4.69) is 169 Å². The van der Waals surface area contributed by atoms with E-state index in [0.29, 0.717) is 39.4 Å². The normalized spacial score (nSPS) is 14.9. The Hall–Kier alpha value is -9.67. The van der Waals surface area contributed by atoms with Crippen molar-refractivity contribution in [3.05, 3.63) is 295 Å². The maximum atomic E-state index is 10.8.